The normalized spacial score (nSPS) is 11.5. The minimum atomic E-state index is -0.780. The molecule has 188 valence electrons. The molecule has 0 unspecified atom stereocenters. The Kier molecular flexibility index (Phi) is 10.2. The molecule has 0 radical (unpaired) electrons. The summed E-state index contributed by atoms with van der Waals surface area (Å²) in [4.78, 5) is 38.4. The molecule has 0 bridgehead atoms. The molecule has 3 aromatic carbocycles. The minimum Gasteiger partial charge on any atom is -0.357 e. The van der Waals surface area contributed by atoms with Crippen LogP contribution in [0.15, 0.2) is 72.8 Å². The van der Waals surface area contributed by atoms with Crippen LogP contribution < -0.4 is 5.32 Å². The Morgan fingerprint density at radius 3 is 2.19 bits per heavy atom. The number of hydrogen-bond acceptors (Lipinski definition) is 5. The number of likely N-dealkylation sites (N-methyl/N-ethyl adjacent to an activating group) is 1. The highest BCUT2D eigenvalue weighted by Gasteiger charge is 2.30. The summed E-state index contributed by atoms with van der Waals surface area (Å²) >= 11 is 14.2. The van der Waals surface area contributed by atoms with Crippen molar-refractivity contribution in [2.24, 2.45) is 0 Å². The van der Waals surface area contributed by atoms with Crippen LogP contribution in [0.3, 0.4) is 0 Å². The van der Waals surface area contributed by atoms with E-state index in [1.54, 1.807) is 30.3 Å². The molecule has 0 aliphatic rings. The Balaban J connectivity index is 1.82. The van der Waals surface area contributed by atoms with Gasteiger partial charge in [-0.3, -0.25) is 19.7 Å². The summed E-state index contributed by atoms with van der Waals surface area (Å²) in [6, 6.07) is 20.0. The maximum absolute atomic E-state index is 13.5. The fraction of sp³-hybridized carbons (Fsp3) is 0.231. The zero-order valence-corrected chi connectivity index (χ0v) is 21.9. The van der Waals surface area contributed by atoms with Crippen molar-refractivity contribution in [3.05, 3.63) is 110 Å². The molecular weight excluding hydrogens is 521 g/mol. The number of nitro benzene ring substituents is 1. The van der Waals surface area contributed by atoms with Gasteiger partial charge in [-0.2, -0.15) is 0 Å². The van der Waals surface area contributed by atoms with Crippen LogP contribution in [0.4, 0.5) is 5.69 Å². The lowest BCUT2D eigenvalue weighted by molar-refractivity contribution is -0.384. The quantitative estimate of drug-likeness (QED) is 0.253. The van der Waals surface area contributed by atoms with Gasteiger partial charge in [0.25, 0.3) is 5.69 Å². The fourth-order valence-corrected chi connectivity index (χ4v) is 5.01. The first-order valence-corrected chi connectivity index (χ1v) is 13.0. The van der Waals surface area contributed by atoms with Gasteiger partial charge in [0, 0.05) is 53.5 Å². The van der Waals surface area contributed by atoms with Crippen molar-refractivity contribution in [2.75, 3.05) is 12.8 Å². The number of halogens is 2. The van der Waals surface area contributed by atoms with Crippen molar-refractivity contribution in [1.82, 2.24) is 10.2 Å². The molecule has 2 amide bonds. The van der Waals surface area contributed by atoms with Crippen LogP contribution in [0, 0.1) is 10.1 Å². The highest BCUT2D eigenvalue weighted by atomic mass is 35.5. The molecule has 0 fully saturated rings. The highest BCUT2D eigenvalue weighted by molar-refractivity contribution is 7.99. The van der Waals surface area contributed by atoms with Gasteiger partial charge in [-0.15, -0.1) is 11.8 Å². The molecule has 1 atom stereocenters. The molecule has 1 N–H and O–H groups in total. The zero-order valence-electron chi connectivity index (χ0n) is 19.5. The molecule has 3 aromatic rings. The lowest BCUT2D eigenvalue weighted by Crippen LogP contribution is -2.50. The number of amides is 2. The Labute approximate surface area is 223 Å². The van der Waals surface area contributed by atoms with E-state index in [9.17, 15) is 19.7 Å². The number of rotatable bonds is 11. The van der Waals surface area contributed by atoms with E-state index in [1.165, 1.54) is 35.8 Å². The smallest absolute Gasteiger partial charge is 0.269 e. The topological polar surface area (TPSA) is 92.6 Å². The average Bonchev–Trinajstić information content (AvgIpc) is 2.88. The van der Waals surface area contributed by atoms with Crippen LogP contribution in [0.5, 0.6) is 0 Å². The molecule has 0 saturated carbocycles. The van der Waals surface area contributed by atoms with Crippen molar-refractivity contribution in [3.63, 3.8) is 0 Å². The summed E-state index contributed by atoms with van der Waals surface area (Å²) < 4.78 is 0. The number of benzene rings is 3. The van der Waals surface area contributed by atoms with Crippen LogP contribution in [-0.2, 0) is 28.3 Å². The molecule has 0 aromatic heterocycles. The molecule has 0 aliphatic carbocycles. The van der Waals surface area contributed by atoms with Crippen LogP contribution in [0.2, 0.25) is 10.0 Å². The summed E-state index contributed by atoms with van der Waals surface area (Å²) in [5.41, 5.74) is 2.34. The van der Waals surface area contributed by atoms with Crippen LogP contribution in [-0.4, -0.2) is 40.5 Å². The van der Waals surface area contributed by atoms with Gasteiger partial charge in [-0.1, -0.05) is 71.7 Å². The van der Waals surface area contributed by atoms with Gasteiger partial charge in [0.15, 0.2) is 0 Å². The van der Waals surface area contributed by atoms with Crippen molar-refractivity contribution < 1.29 is 14.5 Å². The standard InChI is InChI=1S/C26H25Cl2N3O4S/c1-29-26(33)24(14-18-6-3-2-4-7-18)30(15-21-22(27)8-5-9-23(21)28)25(32)17-36-16-19-10-12-20(13-11-19)31(34)35/h2-13,24H,14-17H2,1H3,(H,29,33)/t24-/m0/s1. The predicted molar refractivity (Wildman–Crippen MR) is 144 cm³/mol. The molecule has 10 heteroatoms. The minimum absolute atomic E-state index is 0.0111. The zero-order chi connectivity index (χ0) is 26.1. The molecule has 36 heavy (non-hydrogen) atoms. The molecule has 3 rings (SSSR count). The number of nitrogens with one attached hydrogen (secondary N) is 1. The van der Waals surface area contributed by atoms with Crippen LogP contribution >= 0.6 is 35.0 Å². The molecular formula is C26H25Cl2N3O4S. The molecule has 0 aliphatic heterocycles. The first-order chi connectivity index (χ1) is 17.3. The maximum Gasteiger partial charge on any atom is 0.269 e. The second-order valence-corrected chi connectivity index (χ2v) is 9.76. The predicted octanol–water partition coefficient (Wildman–Crippen LogP) is 5.52. The first kappa shape index (κ1) is 27.5. The Morgan fingerprint density at radius 1 is 0.972 bits per heavy atom. The van der Waals surface area contributed by atoms with Gasteiger partial charge >= 0.3 is 0 Å². The molecule has 7 nitrogen and oxygen atoms in total. The number of thioether (sulfide) groups is 1. The van der Waals surface area contributed by atoms with E-state index in [0.29, 0.717) is 27.8 Å². The Bertz CT molecular complexity index is 1190. The molecule has 0 spiro atoms. The van der Waals surface area contributed by atoms with Crippen LogP contribution in [0.25, 0.3) is 0 Å². The number of carbonyl (C=O) groups excluding carboxylic acids is 2. The third-order valence-electron chi connectivity index (χ3n) is 5.55. The van der Waals surface area contributed by atoms with E-state index in [1.807, 2.05) is 30.3 Å². The van der Waals surface area contributed by atoms with Gasteiger partial charge in [0.2, 0.25) is 11.8 Å². The molecule has 0 saturated heterocycles. The molecule has 0 heterocycles. The monoisotopic (exact) mass is 545 g/mol. The number of carbonyl (C=O) groups is 2. The van der Waals surface area contributed by atoms with E-state index in [0.717, 1.165) is 11.1 Å². The largest absolute Gasteiger partial charge is 0.357 e. The van der Waals surface area contributed by atoms with Gasteiger partial charge in [-0.25, -0.2) is 0 Å². The van der Waals surface area contributed by atoms with Crippen molar-refractivity contribution in [2.45, 2.75) is 24.8 Å². The van der Waals surface area contributed by atoms with Gasteiger partial charge in [-0.05, 0) is 23.3 Å². The first-order valence-electron chi connectivity index (χ1n) is 11.1. The second-order valence-electron chi connectivity index (χ2n) is 7.96. The summed E-state index contributed by atoms with van der Waals surface area (Å²) in [5.74, 6) is 0.0351. The number of hydrogen-bond donors (Lipinski definition) is 1. The van der Waals surface area contributed by atoms with Gasteiger partial charge in [0.05, 0.1) is 10.7 Å². The van der Waals surface area contributed by atoms with E-state index in [-0.39, 0.29) is 29.8 Å². The third-order valence-corrected chi connectivity index (χ3v) is 7.25. The summed E-state index contributed by atoms with van der Waals surface area (Å²) in [6.07, 6.45) is 0.321. The van der Waals surface area contributed by atoms with E-state index in [4.69, 9.17) is 23.2 Å². The third kappa shape index (κ3) is 7.46. The van der Waals surface area contributed by atoms with Gasteiger partial charge in [0.1, 0.15) is 6.04 Å². The number of non-ortho nitro benzene ring substituents is 1. The van der Waals surface area contributed by atoms with E-state index in [2.05, 4.69) is 5.32 Å². The lowest BCUT2D eigenvalue weighted by Gasteiger charge is -2.31. The summed E-state index contributed by atoms with van der Waals surface area (Å²) in [5, 5.41) is 14.4. The second kappa shape index (κ2) is 13.3. The van der Waals surface area contributed by atoms with Crippen molar-refractivity contribution >= 4 is 52.5 Å². The summed E-state index contributed by atoms with van der Waals surface area (Å²) in [7, 11) is 1.54. The Hall–Kier alpha value is -3.07. The number of nitro groups is 1. The number of nitrogens with zero attached hydrogens (tertiary/aromatic N) is 2. The summed E-state index contributed by atoms with van der Waals surface area (Å²) in [6.45, 7) is 0.0698. The lowest BCUT2D eigenvalue weighted by atomic mass is 10.0. The van der Waals surface area contributed by atoms with E-state index >= 15 is 0 Å². The highest BCUT2D eigenvalue weighted by Crippen LogP contribution is 2.28. The van der Waals surface area contributed by atoms with Gasteiger partial charge < -0.3 is 10.2 Å². The van der Waals surface area contributed by atoms with E-state index < -0.39 is 11.0 Å². The average molecular weight is 546 g/mol. The van der Waals surface area contributed by atoms with Crippen LogP contribution in [0.1, 0.15) is 16.7 Å². The SMILES string of the molecule is CNC(=O)[C@H](Cc1ccccc1)N(Cc1c(Cl)cccc1Cl)C(=O)CSCc1ccc([N+](=O)[O-])cc1. The Morgan fingerprint density at radius 2 is 1.61 bits per heavy atom. The fourth-order valence-electron chi connectivity index (χ4n) is 3.63. The van der Waals surface area contributed by atoms with Crippen molar-refractivity contribution in [3.8, 4) is 0 Å². The maximum atomic E-state index is 13.5. The van der Waals surface area contributed by atoms with Crippen molar-refractivity contribution in [1.29, 1.82) is 0 Å².